The molecule has 0 saturated carbocycles. The largest absolute Gasteiger partial charge is 0.356 e. The number of nitrogens with zero attached hydrogens (tertiary/aromatic N) is 4. The summed E-state index contributed by atoms with van der Waals surface area (Å²) in [6.07, 6.45) is 4.35. The van der Waals surface area contributed by atoms with Crippen LogP contribution in [0.3, 0.4) is 0 Å². The molecule has 2 aliphatic rings. The average molecular weight is 460 g/mol. The molecule has 3 aromatic rings. The molecule has 1 fully saturated rings. The van der Waals surface area contributed by atoms with Gasteiger partial charge >= 0.3 is 0 Å². The van der Waals surface area contributed by atoms with Gasteiger partial charge in [0.05, 0.1) is 15.4 Å². The van der Waals surface area contributed by atoms with E-state index in [9.17, 15) is 4.39 Å². The van der Waals surface area contributed by atoms with Crippen molar-refractivity contribution in [2.24, 2.45) is 11.0 Å². The van der Waals surface area contributed by atoms with E-state index in [0.29, 0.717) is 26.9 Å². The molecule has 0 aliphatic carbocycles. The van der Waals surface area contributed by atoms with Gasteiger partial charge in [0.2, 0.25) is 0 Å². The second kappa shape index (κ2) is 8.45. The van der Waals surface area contributed by atoms with Crippen LogP contribution in [0, 0.1) is 11.7 Å². The lowest BCUT2D eigenvalue weighted by atomic mass is 9.93. The summed E-state index contributed by atoms with van der Waals surface area (Å²) >= 11 is 12.4. The van der Waals surface area contributed by atoms with Crippen LogP contribution in [0.4, 0.5) is 10.2 Å². The van der Waals surface area contributed by atoms with Crippen LogP contribution in [-0.2, 0) is 0 Å². The van der Waals surface area contributed by atoms with Gasteiger partial charge in [-0.25, -0.2) is 19.9 Å². The summed E-state index contributed by atoms with van der Waals surface area (Å²) in [6.45, 7) is 1.64. The fourth-order valence-electron chi connectivity index (χ4n) is 4.29. The summed E-state index contributed by atoms with van der Waals surface area (Å²) in [5, 5.41) is 5.78. The molecule has 0 bridgehead atoms. The first kappa shape index (κ1) is 20.2. The second-order valence-electron chi connectivity index (χ2n) is 7.72. The summed E-state index contributed by atoms with van der Waals surface area (Å²) in [4.78, 5) is 11.0. The molecule has 5 rings (SSSR count). The minimum absolute atomic E-state index is 0.297. The SMILES string of the molecule is Fc1ccc(-c2ccc(Cl)c(Cl)c2)c2c(N3CCC[C@@H](CC4=NNNN4)C3)ncnc12. The van der Waals surface area contributed by atoms with Gasteiger partial charge in [-0.05, 0) is 48.1 Å². The van der Waals surface area contributed by atoms with Crippen LogP contribution in [0.5, 0.6) is 0 Å². The van der Waals surface area contributed by atoms with E-state index in [-0.39, 0.29) is 5.82 Å². The number of anilines is 1. The van der Waals surface area contributed by atoms with Crippen molar-refractivity contribution in [1.29, 1.82) is 0 Å². The topological polar surface area (TPSA) is 77.5 Å². The Bertz CT molecular complexity index is 1170. The monoisotopic (exact) mass is 459 g/mol. The summed E-state index contributed by atoms with van der Waals surface area (Å²) < 4.78 is 14.7. The van der Waals surface area contributed by atoms with Crippen LogP contribution in [0.1, 0.15) is 19.3 Å². The van der Waals surface area contributed by atoms with E-state index < -0.39 is 0 Å². The number of piperidine rings is 1. The molecule has 160 valence electrons. The number of nitrogens with one attached hydrogen (secondary N) is 3. The third-order valence-electron chi connectivity index (χ3n) is 5.70. The highest BCUT2D eigenvalue weighted by atomic mass is 35.5. The molecule has 3 heterocycles. The van der Waals surface area contributed by atoms with E-state index in [1.165, 1.54) is 12.4 Å². The first-order valence-electron chi connectivity index (χ1n) is 10.1. The number of amidine groups is 1. The smallest absolute Gasteiger partial charge is 0.149 e. The summed E-state index contributed by atoms with van der Waals surface area (Å²) in [5.41, 5.74) is 10.4. The summed E-state index contributed by atoms with van der Waals surface area (Å²) in [7, 11) is 0. The van der Waals surface area contributed by atoms with Crippen LogP contribution in [0.15, 0.2) is 41.8 Å². The first-order chi connectivity index (χ1) is 15.1. The van der Waals surface area contributed by atoms with Gasteiger partial charge in [-0.3, -0.25) is 5.43 Å². The predicted octanol–water partition coefficient (Wildman–Crippen LogP) is 4.28. The maximum atomic E-state index is 14.7. The van der Waals surface area contributed by atoms with Crippen molar-refractivity contribution in [3.8, 4) is 11.1 Å². The summed E-state index contributed by atoms with van der Waals surface area (Å²) in [5.74, 6) is 1.63. The maximum absolute atomic E-state index is 14.7. The Morgan fingerprint density at radius 2 is 2.03 bits per heavy atom. The lowest BCUT2D eigenvalue weighted by molar-refractivity contribution is 0.422. The molecule has 31 heavy (non-hydrogen) atoms. The molecule has 0 radical (unpaired) electrons. The van der Waals surface area contributed by atoms with Crippen LogP contribution in [0.25, 0.3) is 22.0 Å². The van der Waals surface area contributed by atoms with Gasteiger partial charge < -0.3 is 4.90 Å². The number of hydrazine groups is 2. The van der Waals surface area contributed by atoms with Gasteiger partial charge in [-0.1, -0.05) is 35.3 Å². The van der Waals surface area contributed by atoms with Gasteiger partial charge in [0, 0.05) is 19.5 Å². The van der Waals surface area contributed by atoms with Crippen molar-refractivity contribution in [2.45, 2.75) is 19.3 Å². The van der Waals surface area contributed by atoms with E-state index in [4.69, 9.17) is 23.2 Å². The third-order valence-corrected chi connectivity index (χ3v) is 6.44. The lowest BCUT2D eigenvalue weighted by Gasteiger charge is -2.34. The van der Waals surface area contributed by atoms with Crippen LogP contribution < -0.4 is 21.4 Å². The number of hydrogen-bond acceptors (Lipinski definition) is 7. The van der Waals surface area contributed by atoms with E-state index in [0.717, 1.165) is 55.1 Å². The van der Waals surface area contributed by atoms with Crippen LogP contribution in [-0.4, -0.2) is 28.9 Å². The molecule has 0 spiro atoms. The molecule has 0 amide bonds. The number of halogens is 3. The van der Waals surface area contributed by atoms with Crippen LogP contribution in [0.2, 0.25) is 10.0 Å². The number of benzene rings is 2. The van der Waals surface area contributed by atoms with Crippen molar-refractivity contribution in [3.63, 3.8) is 0 Å². The normalized spacial score (nSPS) is 18.6. The fourth-order valence-corrected chi connectivity index (χ4v) is 4.58. The standard InChI is InChI=1S/C21H20Cl2FN7/c22-15-5-3-13(9-16(15)23)14-4-6-17(24)20-19(14)21(26-11-25-20)31-7-1-2-12(10-31)8-18-27-29-30-28-18/h3-6,9,11-12,29-30H,1-2,7-8,10H2,(H,27,28)/t12-/m0/s1. The van der Waals surface area contributed by atoms with Crippen LogP contribution >= 0.6 is 23.2 Å². The quantitative estimate of drug-likeness (QED) is 0.540. The summed E-state index contributed by atoms with van der Waals surface area (Å²) in [6, 6.07) is 8.59. The minimum Gasteiger partial charge on any atom is -0.356 e. The molecule has 0 unspecified atom stereocenters. The molecular formula is C21H20Cl2FN7. The lowest BCUT2D eigenvalue weighted by Crippen LogP contribution is -2.40. The number of fused-ring (bicyclic) bond motifs is 1. The Hall–Kier alpha value is -2.68. The predicted molar refractivity (Wildman–Crippen MR) is 121 cm³/mol. The highest BCUT2D eigenvalue weighted by Crippen LogP contribution is 2.38. The van der Waals surface area contributed by atoms with E-state index in [1.807, 2.05) is 6.07 Å². The Morgan fingerprint density at radius 3 is 2.84 bits per heavy atom. The first-order valence-corrected chi connectivity index (χ1v) is 10.8. The number of hydrogen-bond donors (Lipinski definition) is 3. The molecule has 1 atom stereocenters. The Morgan fingerprint density at radius 1 is 1.13 bits per heavy atom. The third kappa shape index (κ3) is 3.98. The number of hydrazone groups is 1. The molecule has 10 heteroatoms. The van der Waals surface area contributed by atoms with E-state index in [2.05, 4.69) is 36.5 Å². The Labute approximate surface area is 188 Å². The van der Waals surface area contributed by atoms with Crippen molar-refractivity contribution in [2.75, 3.05) is 18.0 Å². The molecule has 1 saturated heterocycles. The van der Waals surface area contributed by atoms with Crippen molar-refractivity contribution < 1.29 is 4.39 Å². The molecule has 3 N–H and O–H groups in total. The zero-order chi connectivity index (χ0) is 21.4. The number of rotatable bonds is 4. The second-order valence-corrected chi connectivity index (χ2v) is 8.54. The highest BCUT2D eigenvalue weighted by Gasteiger charge is 2.26. The van der Waals surface area contributed by atoms with Gasteiger partial charge in [0.15, 0.2) is 0 Å². The highest BCUT2D eigenvalue weighted by molar-refractivity contribution is 6.42. The molecule has 1 aromatic heterocycles. The Balaban J connectivity index is 1.56. The number of aromatic nitrogens is 2. The molecule has 2 aromatic carbocycles. The maximum Gasteiger partial charge on any atom is 0.149 e. The zero-order valence-corrected chi connectivity index (χ0v) is 18.0. The van der Waals surface area contributed by atoms with Gasteiger partial charge in [-0.2, -0.15) is 0 Å². The van der Waals surface area contributed by atoms with Gasteiger partial charge in [0.25, 0.3) is 0 Å². The van der Waals surface area contributed by atoms with Gasteiger partial charge in [-0.15, -0.1) is 10.6 Å². The van der Waals surface area contributed by atoms with E-state index >= 15 is 0 Å². The molecule has 2 aliphatic heterocycles. The zero-order valence-electron chi connectivity index (χ0n) is 16.5. The Kier molecular flexibility index (Phi) is 5.52. The fraction of sp³-hybridized carbons (Fsp3) is 0.286. The molecule has 7 nitrogen and oxygen atoms in total. The van der Waals surface area contributed by atoms with Crippen molar-refractivity contribution in [1.82, 2.24) is 26.5 Å². The van der Waals surface area contributed by atoms with Crippen molar-refractivity contribution in [3.05, 3.63) is 52.5 Å². The van der Waals surface area contributed by atoms with Gasteiger partial charge in [0.1, 0.15) is 29.3 Å². The van der Waals surface area contributed by atoms with Crippen molar-refractivity contribution >= 4 is 45.8 Å². The molecular weight excluding hydrogens is 440 g/mol. The minimum atomic E-state index is -0.377. The van der Waals surface area contributed by atoms with E-state index in [1.54, 1.807) is 18.2 Å². The average Bonchev–Trinajstić information content (AvgIpc) is 3.29.